The summed E-state index contributed by atoms with van der Waals surface area (Å²) < 4.78 is 28.2. The van der Waals surface area contributed by atoms with Gasteiger partial charge in [0.25, 0.3) is 0 Å². The fourth-order valence-electron chi connectivity index (χ4n) is 4.33. The average molecular weight is 458 g/mol. The molecule has 0 aliphatic carbocycles. The second-order valence-electron chi connectivity index (χ2n) is 8.07. The highest BCUT2D eigenvalue weighted by atomic mass is 35.5. The lowest BCUT2D eigenvalue weighted by Gasteiger charge is -2.30. The van der Waals surface area contributed by atoms with Crippen LogP contribution < -0.4 is 14.2 Å². The van der Waals surface area contributed by atoms with Crippen molar-refractivity contribution in [1.82, 2.24) is 4.90 Å². The number of allylic oxidation sites excluding steroid dienone is 1. The third kappa shape index (κ3) is 3.86. The van der Waals surface area contributed by atoms with Crippen LogP contribution in [0.5, 0.6) is 17.2 Å². The van der Waals surface area contributed by atoms with Crippen LogP contribution in [-0.4, -0.2) is 44.5 Å². The van der Waals surface area contributed by atoms with Crippen LogP contribution in [0.2, 0.25) is 5.02 Å². The molecule has 168 valence electrons. The van der Waals surface area contributed by atoms with Gasteiger partial charge in [-0.15, -0.1) is 0 Å². The molecular weight excluding hydrogens is 434 g/mol. The van der Waals surface area contributed by atoms with Crippen LogP contribution in [0.25, 0.3) is 6.08 Å². The highest BCUT2D eigenvalue weighted by Gasteiger charge is 2.34. The van der Waals surface area contributed by atoms with Crippen molar-refractivity contribution in [2.45, 2.75) is 26.5 Å². The number of carbonyl (C=O) groups excluding carboxylic acids is 1. The van der Waals surface area contributed by atoms with Crippen molar-refractivity contribution >= 4 is 23.5 Å². The predicted molar refractivity (Wildman–Crippen MR) is 118 cm³/mol. The van der Waals surface area contributed by atoms with Crippen molar-refractivity contribution < 1.29 is 28.5 Å². The molecule has 0 bridgehead atoms. The van der Waals surface area contributed by atoms with E-state index < -0.39 is 0 Å². The molecule has 0 saturated carbocycles. The lowest BCUT2D eigenvalue weighted by molar-refractivity contribution is -0.0165. The average Bonchev–Trinajstić information content (AvgIpc) is 3.09. The molecular formula is C24H24ClNO6. The van der Waals surface area contributed by atoms with Gasteiger partial charge in [0.05, 0.1) is 12.2 Å². The number of halogens is 1. The molecule has 0 amide bonds. The number of hydrogen-bond acceptors (Lipinski definition) is 7. The molecule has 8 heteroatoms. The molecule has 0 atom stereocenters. The molecule has 0 saturated heterocycles. The van der Waals surface area contributed by atoms with Gasteiger partial charge in [0, 0.05) is 54.1 Å². The Kier molecular flexibility index (Phi) is 5.82. The standard InChI is InChI=1S/C24H24ClNO6/c1-14-22-16(10-26(12-30-22)4-3-5-28-2)8-19-21(27)20(32-23(14)19)9-15-6-18(25)7-17-11-29-13-31-24(15)17/h6-9H,3-5,10-13H2,1-2H3/b20-9-. The Morgan fingerprint density at radius 2 is 2.03 bits per heavy atom. The second kappa shape index (κ2) is 8.75. The lowest BCUT2D eigenvalue weighted by atomic mass is 9.99. The number of carbonyl (C=O) groups is 1. The van der Waals surface area contributed by atoms with Crippen LogP contribution in [0.4, 0.5) is 0 Å². The maximum atomic E-state index is 13.2. The summed E-state index contributed by atoms with van der Waals surface area (Å²) in [5.74, 6) is 2.08. The molecule has 3 heterocycles. The Morgan fingerprint density at radius 3 is 2.88 bits per heavy atom. The Morgan fingerprint density at radius 1 is 1.16 bits per heavy atom. The predicted octanol–water partition coefficient (Wildman–Crippen LogP) is 4.32. The van der Waals surface area contributed by atoms with E-state index in [9.17, 15) is 4.79 Å². The molecule has 2 aromatic rings. The third-order valence-electron chi connectivity index (χ3n) is 5.81. The van der Waals surface area contributed by atoms with Crippen LogP contribution >= 0.6 is 11.6 Å². The smallest absolute Gasteiger partial charge is 0.231 e. The zero-order chi connectivity index (χ0) is 22.2. The van der Waals surface area contributed by atoms with Gasteiger partial charge in [-0.25, -0.2) is 0 Å². The minimum absolute atomic E-state index is 0.157. The molecule has 0 unspecified atom stereocenters. The summed E-state index contributed by atoms with van der Waals surface area (Å²) in [5, 5.41) is 0.543. The van der Waals surface area contributed by atoms with E-state index in [0.29, 0.717) is 47.6 Å². The Hall–Kier alpha value is -2.58. The van der Waals surface area contributed by atoms with Gasteiger partial charge in [0.2, 0.25) is 5.78 Å². The molecule has 0 fully saturated rings. The first kappa shape index (κ1) is 21.3. The van der Waals surface area contributed by atoms with Crippen LogP contribution in [0.3, 0.4) is 0 Å². The van der Waals surface area contributed by atoms with Crippen LogP contribution in [0, 0.1) is 6.92 Å². The quantitative estimate of drug-likeness (QED) is 0.489. The number of fused-ring (bicyclic) bond motifs is 3. The maximum Gasteiger partial charge on any atom is 0.231 e. The number of nitrogens with zero attached hydrogens (tertiary/aromatic N) is 1. The van der Waals surface area contributed by atoms with E-state index in [1.807, 2.05) is 13.0 Å². The first-order chi connectivity index (χ1) is 15.5. The zero-order valence-corrected chi connectivity index (χ0v) is 18.8. The summed E-state index contributed by atoms with van der Waals surface area (Å²) in [4.78, 5) is 15.4. The SMILES string of the molecule is COCCCN1COc2c(cc3c(c2C)O/C(=C\c2cc(Cl)cc4c2OCOC4)C3=O)C1. The number of methoxy groups -OCH3 is 1. The summed E-state index contributed by atoms with van der Waals surface area (Å²) in [6.07, 6.45) is 2.61. The summed E-state index contributed by atoms with van der Waals surface area (Å²) in [6, 6.07) is 5.45. The molecule has 7 nitrogen and oxygen atoms in total. The molecule has 0 N–H and O–H groups in total. The van der Waals surface area contributed by atoms with Gasteiger partial charge in [0.15, 0.2) is 12.6 Å². The number of ketones is 1. The monoisotopic (exact) mass is 457 g/mol. The molecule has 0 radical (unpaired) electrons. The first-order valence-corrected chi connectivity index (χ1v) is 10.9. The van der Waals surface area contributed by atoms with E-state index in [0.717, 1.165) is 42.0 Å². The molecule has 0 aromatic heterocycles. The Bertz CT molecular complexity index is 1110. The minimum Gasteiger partial charge on any atom is -0.477 e. The number of ether oxygens (including phenoxy) is 5. The fourth-order valence-corrected chi connectivity index (χ4v) is 4.58. The summed E-state index contributed by atoms with van der Waals surface area (Å²) in [6.45, 7) is 5.28. The van der Waals surface area contributed by atoms with E-state index in [-0.39, 0.29) is 18.3 Å². The van der Waals surface area contributed by atoms with Gasteiger partial charge >= 0.3 is 0 Å². The fraction of sp³-hybridized carbons (Fsp3) is 0.375. The molecule has 3 aliphatic heterocycles. The molecule has 3 aliphatic rings. The molecule has 5 rings (SSSR count). The minimum atomic E-state index is -0.164. The van der Waals surface area contributed by atoms with Crippen molar-refractivity contribution in [1.29, 1.82) is 0 Å². The lowest BCUT2D eigenvalue weighted by Crippen LogP contribution is -2.33. The summed E-state index contributed by atoms with van der Waals surface area (Å²) in [5.41, 5.74) is 3.91. The van der Waals surface area contributed by atoms with Crippen LogP contribution in [0.15, 0.2) is 24.0 Å². The first-order valence-electron chi connectivity index (χ1n) is 10.5. The highest BCUT2D eigenvalue weighted by Crippen LogP contribution is 2.44. The van der Waals surface area contributed by atoms with Gasteiger partial charge < -0.3 is 23.7 Å². The third-order valence-corrected chi connectivity index (χ3v) is 6.03. The Labute approximate surface area is 191 Å². The number of hydrogen-bond donors (Lipinski definition) is 0. The number of rotatable bonds is 5. The van der Waals surface area contributed by atoms with Crippen LogP contribution in [-0.2, 0) is 22.6 Å². The molecule has 32 heavy (non-hydrogen) atoms. The normalized spacial score (nSPS) is 18.5. The van der Waals surface area contributed by atoms with Gasteiger partial charge in [0.1, 0.15) is 24.0 Å². The topological polar surface area (TPSA) is 66.5 Å². The maximum absolute atomic E-state index is 13.2. The van der Waals surface area contributed by atoms with Crippen molar-refractivity contribution in [2.75, 3.05) is 33.8 Å². The largest absolute Gasteiger partial charge is 0.477 e. The molecule has 2 aromatic carbocycles. The summed E-state index contributed by atoms with van der Waals surface area (Å²) in [7, 11) is 1.70. The molecule has 0 spiro atoms. The van der Waals surface area contributed by atoms with Gasteiger partial charge in [-0.3, -0.25) is 9.69 Å². The Balaban J connectivity index is 1.45. The van der Waals surface area contributed by atoms with E-state index >= 15 is 0 Å². The van der Waals surface area contributed by atoms with E-state index in [4.69, 9.17) is 35.3 Å². The van der Waals surface area contributed by atoms with Crippen molar-refractivity contribution in [2.24, 2.45) is 0 Å². The van der Waals surface area contributed by atoms with Gasteiger partial charge in [-0.1, -0.05) is 11.6 Å². The van der Waals surface area contributed by atoms with Crippen molar-refractivity contribution in [3.8, 4) is 17.2 Å². The summed E-state index contributed by atoms with van der Waals surface area (Å²) >= 11 is 6.27. The number of benzene rings is 2. The van der Waals surface area contributed by atoms with E-state index in [1.165, 1.54) is 0 Å². The van der Waals surface area contributed by atoms with E-state index in [2.05, 4.69) is 4.90 Å². The van der Waals surface area contributed by atoms with Gasteiger partial charge in [-0.05, 0) is 37.6 Å². The van der Waals surface area contributed by atoms with E-state index in [1.54, 1.807) is 25.3 Å². The van der Waals surface area contributed by atoms with Gasteiger partial charge in [-0.2, -0.15) is 0 Å². The van der Waals surface area contributed by atoms with Crippen molar-refractivity contribution in [3.63, 3.8) is 0 Å². The van der Waals surface area contributed by atoms with Crippen LogP contribution in [0.1, 0.15) is 39.0 Å². The second-order valence-corrected chi connectivity index (χ2v) is 8.51. The highest BCUT2D eigenvalue weighted by molar-refractivity contribution is 6.31. The van der Waals surface area contributed by atoms with Crippen molar-refractivity contribution in [3.05, 3.63) is 56.8 Å². The zero-order valence-electron chi connectivity index (χ0n) is 18.0. The number of Topliss-reactive ketones (excluding diaryl/α,β-unsaturated/α-hetero) is 1.